The molecule has 0 amide bonds. The molecule has 1 aliphatic carbocycles. The number of hydrogen-bond donors (Lipinski definition) is 1. The number of benzene rings is 3. The second kappa shape index (κ2) is 7.73. The van der Waals surface area contributed by atoms with Crippen LogP contribution in [0.15, 0.2) is 73.3 Å². The normalized spacial score (nSPS) is 15.5. The molecule has 3 nitrogen and oxygen atoms in total. The van der Waals surface area contributed by atoms with Crippen LogP contribution in [-0.2, 0) is 17.6 Å². The summed E-state index contributed by atoms with van der Waals surface area (Å²) in [4.78, 5) is 11.4. The van der Waals surface area contributed by atoms with Crippen LogP contribution in [-0.4, -0.2) is 11.1 Å². The molecule has 1 unspecified atom stereocenters. The summed E-state index contributed by atoms with van der Waals surface area (Å²) in [5.74, 6) is 0.479. The lowest BCUT2D eigenvalue weighted by atomic mass is 9.84. The fourth-order valence-electron chi connectivity index (χ4n) is 3.76. The molecule has 3 aromatic carbocycles. The maximum atomic E-state index is 11.4. The number of rotatable bonds is 5. The monoisotopic (exact) mass is 370 g/mol. The highest BCUT2D eigenvalue weighted by atomic mass is 16.5. The maximum absolute atomic E-state index is 11.4. The number of carbonyl (C=O) groups is 1. The van der Waals surface area contributed by atoms with E-state index in [1.807, 2.05) is 54.6 Å². The quantitative estimate of drug-likeness (QED) is 0.601. The Bertz CT molecular complexity index is 1040. The van der Waals surface area contributed by atoms with E-state index < -0.39 is 5.97 Å². The van der Waals surface area contributed by atoms with E-state index >= 15 is 0 Å². The Balaban J connectivity index is 1.65. The number of ether oxygens (including phenoxy) is 1. The Morgan fingerprint density at radius 1 is 1.04 bits per heavy atom. The minimum atomic E-state index is -0.718. The molecule has 3 aromatic rings. The van der Waals surface area contributed by atoms with Gasteiger partial charge in [0.25, 0.3) is 0 Å². The molecule has 0 aromatic heterocycles. The van der Waals surface area contributed by atoms with E-state index in [1.54, 1.807) is 0 Å². The number of hydrogen-bond acceptors (Lipinski definition) is 2. The topological polar surface area (TPSA) is 46.5 Å². The van der Waals surface area contributed by atoms with Crippen LogP contribution in [0.1, 0.15) is 23.1 Å². The average Bonchev–Trinajstić information content (AvgIpc) is 2.73. The summed E-state index contributed by atoms with van der Waals surface area (Å²) in [5, 5.41) is 9.34. The van der Waals surface area contributed by atoms with Crippen molar-refractivity contribution in [2.75, 3.05) is 0 Å². The van der Waals surface area contributed by atoms with Crippen LogP contribution in [0.4, 0.5) is 0 Å². The lowest BCUT2D eigenvalue weighted by Gasteiger charge is -2.22. The van der Waals surface area contributed by atoms with Gasteiger partial charge in [-0.2, -0.15) is 0 Å². The van der Waals surface area contributed by atoms with Crippen LogP contribution in [0.2, 0.25) is 0 Å². The first-order valence-electron chi connectivity index (χ1n) is 9.48. The highest BCUT2D eigenvalue weighted by Gasteiger charge is 2.24. The third-order valence-corrected chi connectivity index (χ3v) is 5.30. The molecule has 0 radical (unpaired) electrons. The van der Waals surface area contributed by atoms with Gasteiger partial charge in [-0.3, -0.25) is 4.79 Å². The first kappa shape index (κ1) is 18.1. The van der Waals surface area contributed by atoms with Gasteiger partial charge in [0.2, 0.25) is 0 Å². The fraction of sp³-hybridized carbons (Fsp3) is 0.160. The van der Waals surface area contributed by atoms with Crippen LogP contribution < -0.4 is 4.74 Å². The number of aliphatic carboxylic acids is 1. The van der Waals surface area contributed by atoms with E-state index in [0.717, 1.165) is 40.2 Å². The van der Waals surface area contributed by atoms with Crippen LogP contribution in [0.5, 0.6) is 11.5 Å². The standard InChI is InChI=1S/C25H22O3/c1-2-17-6-5-7-19(14-17)23-8-3-4-9-24(23)28-22-13-12-18-10-11-20(25(26)27)15-21(18)16-22/h2-9,12-14,16,20H,1,10-11,15H2,(H,26,27). The molecule has 3 heteroatoms. The van der Waals surface area contributed by atoms with Crippen molar-refractivity contribution in [3.05, 3.63) is 90.0 Å². The van der Waals surface area contributed by atoms with Crippen molar-refractivity contribution in [2.45, 2.75) is 19.3 Å². The van der Waals surface area contributed by atoms with Gasteiger partial charge in [0.1, 0.15) is 11.5 Å². The number of carboxylic acids is 1. The fourth-order valence-corrected chi connectivity index (χ4v) is 3.76. The molecule has 140 valence electrons. The van der Waals surface area contributed by atoms with Gasteiger partial charge in [-0.15, -0.1) is 0 Å². The van der Waals surface area contributed by atoms with Crippen molar-refractivity contribution < 1.29 is 14.6 Å². The van der Waals surface area contributed by atoms with Crippen molar-refractivity contribution >= 4 is 12.0 Å². The summed E-state index contributed by atoms with van der Waals surface area (Å²) in [6, 6.07) is 22.1. The van der Waals surface area contributed by atoms with Crippen LogP contribution in [0.3, 0.4) is 0 Å². The van der Waals surface area contributed by atoms with Gasteiger partial charge in [-0.1, -0.05) is 55.1 Å². The minimum absolute atomic E-state index is 0.309. The van der Waals surface area contributed by atoms with Gasteiger partial charge in [-0.05, 0) is 65.8 Å². The van der Waals surface area contributed by atoms with Crippen molar-refractivity contribution in [3.8, 4) is 22.6 Å². The smallest absolute Gasteiger partial charge is 0.306 e. The molecule has 0 spiro atoms. The summed E-state index contributed by atoms with van der Waals surface area (Å²) in [6.45, 7) is 3.84. The summed E-state index contributed by atoms with van der Waals surface area (Å²) in [6.07, 6.45) is 3.89. The lowest BCUT2D eigenvalue weighted by Crippen LogP contribution is -2.22. The predicted molar refractivity (Wildman–Crippen MR) is 112 cm³/mol. The molecule has 0 aliphatic heterocycles. The Morgan fingerprint density at radius 2 is 1.89 bits per heavy atom. The van der Waals surface area contributed by atoms with Gasteiger partial charge in [-0.25, -0.2) is 0 Å². The zero-order valence-corrected chi connectivity index (χ0v) is 15.6. The molecular formula is C25H22O3. The average molecular weight is 370 g/mol. The summed E-state index contributed by atoms with van der Waals surface area (Å²) in [5.41, 5.74) is 5.42. The summed E-state index contributed by atoms with van der Waals surface area (Å²) < 4.78 is 6.23. The number of para-hydroxylation sites is 1. The maximum Gasteiger partial charge on any atom is 0.306 e. The molecule has 1 N–H and O–H groups in total. The largest absolute Gasteiger partial charge is 0.481 e. The van der Waals surface area contributed by atoms with E-state index in [4.69, 9.17) is 4.74 Å². The third kappa shape index (κ3) is 3.70. The second-order valence-electron chi connectivity index (χ2n) is 7.14. The molecule has 0 saturated carbocycles. The second-order valence-corrected chi connectivity index (χ2v) is 7.14. The molecule has 1 aliphatic rings. The van der Waals surface area contributed by atoms with E-state index in [1.165, 1.54) is 5.56 Å². The van der Waals surface area contributed by atoms with Crippen molar-refractivity contribution in [3.63, 3.8) is 0 Å². The summed E-state index contributed by atoms with van der Waals surface area (Å²) >= 11 is 0. The first-order valence-corrected chi connectivity index (χ1v) is 9.48. The van der Waals surface area contributed by atoms with Gasteiger partial charge >= 0.3 is 5.97 Å². The van der Waals surface area contributed by atoms with Crippen LogP contribution in [0, 0.1) is 5.92 Å². The van der Waals surface area contributed by atoms with Crippen molar-refractivity contribution in [1.29, 1.82) is 0 Å². The zero-order valence-electron chi connectivity index (χ0n) is 15.6. The van der Waals surface area contributed by atoms with Gasteiger partial charge in [0, 0.05) is 5.56 Å². The molecule has 28 heavy (non-hydrogen) atoms. The Labute approximate surface area is 164 Å². The minimum Gasteiger partial charge on any atom is -0.481 e. The Kier molecular flexibility index (Phi) is 4.98. The lowest BCUT2D eigenvalue weighted by molar-refractivity contribution is -0.142. The molecule has 0 heterocycles. The first-order chi connectivity index (χ1) is 13.6. The van der Waals surface area contributed by atoms with E-state index in [9.17, 15) is 9.90 Å². The highest BCUT2D eigenvalue weighted by molar-refractivity contribution is 5.73. The third-order valence-electron chi connectivity index (χ3n) is 5.30. The highest BCUT2D eigenvalue weighted by Crippen LogP contribution is 2.35. The van der Waals surface area contributed by atoms with Crippen LogP contribution >= 0.6 is 0 Å². The molecule has 0 bridgehead atoms. The summed E-state index contributed by atoms with van der Waals surface area (Å²) in [7, 11) is 0. The number of fused-ring (bicyclic) bond motifs is 1. The van der Waals surface area contributed by atoms with E-state index in [0.29, 0.717) is 12.8 Å². The van der Waals surface area contributed by atoms with Crippen molar-refractivity contribution in [1.82, 2.24) is 0 Å². The van der Waals surface area contributed by atoms with Gasteiger partial charge in [0.05, 0.1) is 5.92 Å². The van der Waals surface area contributed by atoms with E-state index in [2.05, 4.69) is 24.8 Å². The van der Waals surface area contributed by atoms with Crippen LogP contribution in [0.25, 0.3) is 17.2 Å². The van der Waals surface area contributed by atoms with E-state index in [-0.39, 0.29) is 5.92 Å². The van der Waals surface area contributed by atoms with Gasteiger partial charge < -0.3 is 9.84 Å². The molecule has 0 saturated heterocycles. The zero-order chi connectivity index (χ0) is 19.5. The SMILES string of the molecule is C=Cc1cccc(-c2ccccc2Oc2ccc3c(c2)CC(C(=O)O)CC3)c1. The molecular weight excluding hydrogens is 348 g/mol. The molecule has 0 fully saturated rings. The van der Waals surface area contributed by atoms with Gasteiger partial charge in [0.15, 0.2) is 0 Å². The molecule has 1 atom stereocenters. The van der Waals surface area contributed by atoms with Crippen molar-refractivity contribution in [2.24, 2.45) is 5.92 Å². The Hall–Kier alpha value is -3.33. The predicted octanol–water partition coefficient (Wildman–Crippen LogP) is 5.98. The Morgan fingerprint density at radius 3 is 2.71 bits per heavy atom. The number of carboxylic acid groups (broad SMARTS) is 1. The number of aryl methyl sites for hydroxylation is 1. The molecule has 4 rings (SSSR count).